The van der Waals surface area contributed by atoms with E-state index in [4.69, 9.17) is 4.74 Å². The van der Waals surface area contributed by atoms with E-state index < -0.39 is 6.17 Å². The molecule has 4 unspecified atom stereocenters. The van der Waals surface area contributed by atoms with Crippen LogP contribution in [0.25, 0.3) is 0 Å². The Morgan fingerprint density at radius 3 is 2.76 bits per heavy atom. The van der Waals surface area contributed by atoms with E-state index in [2.05, 4.69) is 47.2 Å². The van der Waals surface area contributed by atoms with Crippen LogP contribution in [0.4, 0.5) is 4.39 Å². The SMILES string of the molecule is CN(Cc1ccccc1)C1CCC2(CCCO2)CC1N1CCC(F)C1. The molecule has 1 aromatic carbocycles. The number of halogens is 1. The van der Waals surface area contributed by atoms with E-state index in [9.17, 15) is 4.39 Å². The van der Waals surface area contributed by atoms with E-state index >= 15 is 0 Å². The Kier molecular flexibility index (Phi) is 5.12. The maximum atomic E-state index is 13.9. The number of nitrogens with zero attached hydrogens (tertiary/aromatic N) is 2. The highest BCUT2D eigenvalue weighted by Crippen LogP contribution is 2.43. The molecule has 0 radical (unpaired) electrons. The maximum Gasteiger partial charge on any atom is 0.114 e. The summed E-state index contributed by atoms with van der Waals surface area (Å²) in [5.41, 5.74) is 1.43. The topological polar surface area (TPSA) is 15.7 Å². The lowest BCUT2D eigenvalue weighted by atomic mass is 9.76. The molecule has 0 N–H and O–H groups in total. The predicted octanol–water partition coefficient (Wildman–Crippen LogP) is 3.63. The van der Waals surface area contributed by atoms with Crippen molar-refractivity contribution in [1.29, 1.82) is 0 Å². The Morgan fingerprint density at radius 2 is 2.08 bits per heavy atom. The fourth-order valence-corrected chi connectivity index (χ4v) is 5.26. The van der Waals surface area contributed by atoms with Crippen LogP contribution in [0.3, 0.4) is 0 Å². The first-order chi connectivity index (χ1) is 12.2. The van der Waals surface area contributed by atoms with Gasteiger partial charge in [0.15, 0.2) is 0 Å². The van der Waals surface area contributed by atoms with Crippen molar-refractivity contribution in [2.24, 2.45) is 0 Å². The molecule has 2 saturated heterocycles. The molecule has 3 fully saturated rings. The summed E-state index contributed by atoms with van der Waals surface area (Å²) >= 11 is 0. The van der Waals surface area contributed by atoms with Gasteiger partial charge in [-0.25, -0.2) is 4.39 Å². The van der Waals surface area contributed by atoms with Crippen LogP contribution in [0, 0.1) is 0 Å². The minimum Gasteiger partial charge on any atom is -0.375 e. The quantitative estimate of drug-likeness (QED) is 0.828. The summed E-state index contributed by atoms with van der Waals surface area (Å²) < 4.78 is 20.1. The van der Waals surface area contributed by atoms with Crippen molar-refractivity contribution < 1.29 is 9.13 Å². The normalized spacial score (nSPS) is 36.5. The molecule has 3 nitrogen and oxygen atoms in total. The molecule has 1 spiro atoms. The monoisotopic (exact) mass is 346 g/mol. The highest BCUT2D eigenvalue weighted by molar-refractivity contribution is 5.15. The zero-order valence-electron chi connectivity index (χ0n) is 15.4. The zero-order valence-corrected chi connectivity index (χ0v) is 15.4. The lowest BCUT2D eigenvalue weighted by molar-refractivity contribution is -0.0738. The van der Waals surface area contributed by atoms with Gasteiger partial charge in [0.05, 0.1) is 5.60 Å². The molecule has 3 aliphatic rings. The third-order valence-corrected chi connectivity index (χ3v) is 6.58. The Morgan fingerprint density at radius 1 is 1.24 bits per heavy atom. The molecule has 138 valence electrons. The first-order valence-corrected chi connectivity index (χ1v) is 9.91. The molecule has 0 amide bonds. The second-order valence-corrected chi connectivity index (χ2v) is 8.29. The number of likely N-dealkylation sites (N-methyl/N-ethyl adjacent to an activating group) is 1. The number of benzene rings is 1. The fourth-order valence-electron chi connectivity index (χ4n) is 5.26. The predicted molar refractivity (Wildman–Crippen MR) is 98.3 cm³/mol. The van der Waals surface area contributed by atoms with Gasteiger partial charge in [0.1, 0.15) is 6.17 Å². The standard InChI is InChI=1S/C21H31FN2O/c1-23(15-17-6-3-2-4-7-17)19-8-11-21(10-5-13-25-21)14-20(19)24-12-9-18(22)16-24/h2-4,6-7,18-20H,5,8-16H2,1H3. The van der Waals surface area contributed by atoms with Crippen LogP contribution < -0.4 is 0 Å². The molecule has 2 aliphatic heterocycles. The minimum absolute atomic E-state index is 0.0726. The average molecular weight is 346 g/mol. The van der Waals surface area contributed by atoms with Crippen molar-refractivity contribution in [3.8, 4) is 0 Å². The molecule has 0 aromatic heterocycles. The highest BCUT2D eigenvalue weighted by atomic mass is 19.1. The molecule has 4 rings (SSSR count). The molecule has 0 bridgehead atoms. The van der Waals surface area contributed by atoms with Crippen molar-refractivity contribution in [2.45, 2.75) is 68.9 Å². The van der Waals surface area contributed by atoms with Gasteiger partial charge in [-0.05, 0) is 51.1 Å². The summed E-state index contributed by atoms with van der Waals surface area (Å²) in [6.07, 6.45) is 5.79. The Hall–Kier alpha value is -0.970. The van der Waals surface area contributed by atoms with Crippen LogP contribution >= 0.6 is 0 Å². The van der Waals surface area contributed by atoms with Gasteiger partial charge < -0.3 is 4.74 Å². The summed E-state index contributed by atoms with van der Waals surface area (Å²) in [4.78, 5) is 4.91. The number of alkyl halides is 1. The lowest BCUT2D eigenvalue weighted by Gasteiger charge is -2.48. The van der Waals surface area contributed by atoms with Crippen LogP contribution in [0.2, 0.25) is 0 Å². The van der Waals surface area contributed by atoms with E-state index in [0.29, 0.717) is 25.0 Å². The number of ether oxygens (including phenoxy) is 1. The summed E-state index contributed by atoms with van der Waals surface area (Å²) in [5.74, 6) is 0. The second-order valence-electron chi connectivity index (χ2n) is 8.29. The summed E-state index contributed by atoms with van der Waals surface area (Å²) in [6, 6.07) is 11.6. The molecule has 1 aliphatic carbocycles. The number of hydrogen-bond donors (Lipinski definition) is 0. The minimum atomic E-state index is -0.651. The number of rotatable bonds is 4. The third-order valence-electron chi connectivity index (χ3n) is 6.58. The van der Waals surface area contributed by atoms with Crippen LogP contribution in [0.15, 0.2) is 30.3 Å². The smallest absolute Gasteiger partial charge is 0.114 e. The van der Waals surface area contributed by atoms with Gasteiger partial charge in [-0.2, -0.15) is 0 Å². The fraction of sp³-hybridized carbons (Fsp3) is 0.714. The Bertz CT molecular complexity index is 560. The molecule has 4 atom stereocenters. The molecular weight excluding hydrogens is 315 g/mol. The van der Waals surface area contributed by atoms with Gasteiger partial charge in [-0.15, -0.1) is 0 Å². The van der Waals surface area contributed by atoms with Crippen molar-refractivity contribution in [1.82, 2.24) is 9.80 Å². The van der Waals surface area contributed by atoms with Crippen LogP contribution in [0.5, 0.6) is 0 Å². The van der Waals surface area contributed by atoms with Crippen molar-refractivity contribution >= 4 is 0 Å². The maximum absolute atomic E-state index is 13.9. The van der Waals surface area contributed by atoms with E-state index in [1.54, 1.807) is 0 Å². The summed E-state index contributed by atoms with van der Waals surface area (Å²) in [5, 5.41) is 0. The summed E-state index contributed by atoms with van der Waals surface area (Å²) in [7, 11) is 2.24. The second kappa shape index (κ2) is 7.34. The van der Waals surface area contributed by atoms with Crippen LogP contribution in [0.1, 0.15) is 44.1 Å². The summed E-state index contributed by atoms with van der Waals surface area (Å²) in [6.45, 7) is 3.37. The van der Waals surface area contributed by atoms with Gasteiger partial charge in [-0.1, -0.05) is 30.3 Å². The van der Waals surface area contributed by atoms with Crippen molar-refractivity contribution in [2.75, 3.05) is 26.7 Å². The highest BCUT2D eigenvalue weighted by Gasteiger charge is 2.47. The first-order valence-electron chi connectivity index (χ1n) is 9.91. The van der Waals surface area contributed by atoms with Crippen molar-refractivity contribution in [3.63, 3.8) is 0 Å². The van der Waals surface area contributed by atoms with Gasteiger partial charge in [0.25, 0.3) is 0 Å². The third kappa shape index (κ3) is 3.76. The van der Waals surface area contributed by atoms with Crippen LogP contribution in [-0.4, -0.2) is 60.4 Å². The molecule has 4 heteroatoms. The molecule has 1 aromatic rings. The molecule has 1 saturated carbocycles. The molecular formula is C21H31FN2O. The molecule has 2 heterocycles. The van der Waals surface area contributed by atoms with Gasteiger partial charge in [-0.3, -0.25) is 9.80 Å². The number of hydrogen-bond acceptors (Lipinski definition) is 3. The Balaban J connectivity index is 1.50. The first kappa shape index (κ1) is 17.4. The van der Waals surface area contributed by atoms with Gasteiger partial charge in [0.2, 0.25) is 0 Å². The average Bonchev–Trinajstić information content (AvgIpc) is 3.25. The lowest BCUT2D eigenvalue weighted by Crippen LogP contribution is -2.57. The number of likely N-dealkylation sites (tertiary alicyclic amines) is 1. The van der Waals surface area contributed by atoms with E-state index in [-0.39, 0.29) is 5.60 Å². The largest absolute Gasteiger partial charge is 0.375 e. The van der Waals surface area contributed by atoms with E-state index in [1.807, 2.05) is 0 Å². The Labute approximate surface area is 151 Å². The van der Waals surface area contributed by atoms with Crippen LogP contribution in [-0.2, 0) is 11.3 Å². The van der Waals surface area contributed by atoms with Gasteiger partial charge in [0, 0.05) is 38.3 Å². The van der Waals surface area contributed by atoms with Crippen molar-refractivity contribution in [3.05, 3.63) is 35.9 Å². The molecule has 25 heavy (non-hydrogen) atoms. The zero-order chi connectivity index (χ0) is 17.3. The van der Waals surface area contributed by atoms with Gasteiger partial charge >= 0.3 is 0 Å². The van der Waals surface area contributed by atoms with E-state index in [0.717, 1.165) is 39.0 Å². The van der Waals surface area contributed by atoms with E-state index in [1.165, 1.54) is 18.4 Å².